The molecule has 4 nitrogen and oxygen atoms in total. The molecule has 1 aromatic carbocycles. The van der Waals surface area contributed by atoms with Crippen molar-refractivity contribution in [1.82, 2.24) is 10.2 Å². The van der Waals surface area contributed by atoms with Crippen molar-refractivity contribution in [2.24, 2.45) is 0 Å². The Morgan fingerprint density at radius 2 is 2.15 bits per heavy atom. The summed E-state index contributed by atoms with van der Waals surface area (Å²) in [5.74, 6) is -0.0314. The second-order valence-electron chi connectivity index (χ2n) is 5.28. The summed E-state index contributed by atoms with van der Waals surface area (Å²) in [7, 11) is 0. The van der Waals surface area contributed by atoms with E-state index >= 15 is 0 Å². The number of carbonyl (C=O) groups is 1. The lowest BCUT2D eigenvalue weighted by Gasteiger charge is -2.33. The summed E-state index contributed by atoms with van der Waals surface area (Å²) in [5.41, 5.74) is 2.86. The number of fused-ring (bicyclic) bond motifs is 1. The Balaban J connectivity index is 1.79. The predicted molar refractivity (Wildman–Crippen MR) is 79.5 cm³/mol. The van der Waals surface area contributed by atoms with Crippen LogP contribution in [0, 0.1) is 0 Å². The Morgan fingerprint density at radius 3 is 2.90 bits per heavy atom. The predicted octanol–water partition coefficient (Wildman–Crippen LogP) is 1.59. The Labute approximate surface area is 121 Å². The first-order chi connectivity index (χ1) is 9.70. The van der Waals surface area contributed by atoms with Gasteiger partial charge in [-0.2, -0.15) is 0 Å². The number of nitrogens with zero attached hydrogens (tertiary/aromatic N) is 1. The lowest BCUT2D eigenvalue weighted by molar-refractivity contribution is -0.125. The minimum Gasteiger partial charge on any atom is -0.372 e. The normalized spacial score (nSPS) is 16.5. The van der Waals surface area contributed by atoms with E-state index in [4.69, 9.17) is 4.74 Å². The zero-order valence-corrected chi connectivity index (χ0v) is 12.4. The molecule has 0 fully saturated rings. The molecule has 1 unspecified atom stereocenters. The van der Waals surface area contributed by atoms with Crippen LogP contribution < -0.4 is 5.32 Å². The second kappa shape index (κ2) is 7.41. The zero-order chi connectivity index (χ0) is 14.4. The highest BCUT2D eigenvalue weighted by Gasteiger charge is 2.20. The van der Waals surface area contributed by atoms with E-state index < -0.39 is 0 Å². The van der Waals surface area contributed by atoms with Gasteiger partial charge in [-0.25, -0.2) is 0 Å². The van der Waals surface area contributed by atoms with E-state index in [1.165, 1.54) is 11.1 Å². The molecule has 2 rings (SSSR count). The van der Waals surface area contributed by atoms with Gasteiger partial charge >= 0.3 is 0 Å². The Kier molecular flexibility index (Phi) is 5.56. The van der Waals surface area contributed by atoms with Crippen molar-refractivity contribution in [3.05, 3.63) is 35.4 Å². The van der Waals surface area contributed by atoms with Crippen LogP contribution in [0.3, 0.4) is 0 Å². The van der Waals surface area contributed by atoms with Crippen LogP contribution in [0.25, 0.3) is 0 Å². The fourth-order valence-electron chi connectivity index (χ4n) is 2.53. The Morgan fingerprint density at radius 1 is 1.40 bits per heavy atom. The molecule has 1 N–H and O–H groups in total. The van der Waals surface area contributed by atoms with Gasteiger partial charge in [0, 0.05) is 32.3 Å². The molecule has 1 aliphatic heterocycles. The van der Waals surface area contributed by atoms with Gasteiger partial charge in [0.25, 0.3) is 0 Å². The number of hydrogen-bond donors (Lipinski definition) is 1. The van der Waals surface area contributed by atoms with E-state index in [9.17, 15) is 4.79 Å². The van der Waals surface area contributed by atoms with Crippen molar-refractivity contribution in [2.75, 3.05) is 26.3 Å². The standard InChI is InChI=1S/C16H24N2O2/c1-3-20-12-16(19)17-10-13(2)18-9-8-14-6-4-5-7-15(14)11-18/h4-7,13H,3,8-12H2,1-2H3,(H,17,19). The summed E-state index contributed by atoms with van der Waals surface area (Å²) in [6.07, 6.45) is 1.09. The minimum atomic E-state index is -0.0314. The Hall–Kier alpha value is -1.39. The fourth-order valence-corrected chi connectivity index (χ4v) is 2.53. The lowest BCUT2D eigenvalue weighted by Crippen LogP contribution is -2.45. The van der Waals surface area contributed by atoms with Crippen LogP contribution in [-0.4, -0.2) is 43.2 Å². The molecule has 0 aliphatic carbocycles. The third kappa shape index (κ3) is 4.05. The van der Waals surface area contributed by atoms with Gasteiger partial charge in [-0.1, -0.05) is 24.3 Å². The summed E-state index contributed by atoms with van der Waals surface area (Å²) in [4.78, 5) is 14.0. The van der Waals surface area contributed by atoms with Crippen LogP contribution in [0.1, 0.15) is 25.0 Å². The molecule has 20 heavy (non-hydrogen) atoms. The topological polar surface area (TPSA) is 41.6 Å². The molecular formula is C16H24N2O2. The molecule has 110 valence electrons. The van der Waals surface area contributed by atoms with Gasteiger partial charge in [0.05, 0.1) is 0 Å². The second-order valence-corrected chi connectivity index (χ2v) is 5.28. The van der Waals surface area contributed by atoms with Crippen molar-refractivity contribution >= 4 is 5.91 Å². The number of ether oxygens (including phenoxy) is 1. The van der Waals surface area contributed by atoms with Gasteiger partial charge in [0.1, 0.15) is 6.61 Å². The van der Waals surface area contributed by atoms with Crippen LogP contribution in [0.4, 0.5) is 0 Å². The first-order valence-corrected chi connectivity index (χ1v) is 7.36. The maximum absolute atomic E-state index is 11.5. The smallest absolute Gasteiger partial charge is 0.246 e. The number of hydrogen-bond acceptors (Lipinski definition) is 3. The van der Waals surface area contributed by atoms with Gasteiger partial charge in [0.2, 0.25) is 5.91 Å². The van der Waals surface area contributed by atoms with E-state index in [0.29, 0.717) is 19.2 Å². The number of benzene rings is 1. The first kappa shape index (κ1) is 15.0. The molecule has 1 heterocycles. The highest BCUT2D eigenvalue weighted by atomic mass is 16.5. The fraction of sp³-hybridized carbons (Fsp3) is 0.562. The molecule has 1 atom stereocenters. The van der Waals surface area contributed by atoms with E-state index in [2.05, 4.69) is 41.4 Å². The largest absolute Gasteiger partial charge is 0.372 e. The Bertz CT molecular complexity index is 448. The molecule has 0 spiro atoms. The molecule has 0 bridgehead atoms. The average molecular weight is 276 g/mol. The van der Waals surface area contributed by atoms with Crippen LogP contribution in [0.2, 0.25) is 0 Å². The number of carbonyl (C=O) groups excluding carboxylic acids is 1. The molecule has 1 aliphatic rings. The summed E-state index contributed by atoms with van der Waals surface area (Å²) in [6.45, 7) is 7.49. The van der Waals surface area contributed by atoms with Crippen LogP contribution in [0.5, 0.6) is 0 Å². The minimum absolute atomic E-state index is 0.0314. The van der Waals surface area contributed by atoms with Crippen molar-refractivity contribution in [3.8, 4) is 0 Å². The van der Waals surface area contributed by atoms with Crippen LogP contribution in [0.15, 0.2) is 24.3 Å². The molecule has 0 aromatic heterocycles. The van der Waals surface area contributed by atoms with Gasteiger partial charge in [-0.3, -0.25) is 9.69 Å². The summed E-state index contributed by atoms with van der Waals surface area (Å²) < 4.78 is 5.09. The van der Waals surface area contributed by atoms with Crippen LogP contribution >= 0.6 is 0 Å². The van der Waals surface area contributed by atoms with E-state index in [-0.39, 0.29) is 12.5 Å². The van der Waals surface area contributed by atoms with E-state index in [0.717, 1.165) is 19.5 Å². The van der Waals surface area contributed by atoms with Gasteiger partial charge in [-0.05, 0) is 31.4 Å². The van der Waals surface area contributed by atoms with Crippen molar-refractivity contribution in [1.29, 1.82) is 0 Å². The third-order valence-electron chi connectivity index (χ3n) is 3.82. The van der Waals surface area contributed by atoms with E-state index in [1.807, 2.05) is 6.92 Å². The number of nitrogens with one attached hydrogen (secondary N) is 1. The SMILES string of the molecule is CCOCC(=O)NCC(C)N1CCc2ccccc2C1. The monoisotopic (exact) mass is 276 g/mol. The zero-order valence-electron chi connectivity index (χ0n) is 12.4. The van der Waals surface area contributed by atoms with Crippen molar-refractivity contribution in [2.45, 2.75) is 32.9 Å². The quantitative estimate of drug-likeness (QED) is 0.858. The number of amides is 1. The maximum Gasteiger partial charge on any atom is 0.246 e. The molecule has 0 saturated heterocycles. The molecule has 1 aromatic rings. The summed E-state index contributed by atoms with van der Waals surface area (Å²) >= 11 is 0. The molecule has 1 amide bonds. The van der Waals surface area contributed by atoms with Crippen molar-refractivity contribution in [3.63, 3.8) is 0 Å². The van der Waals surface area contributed by atoms with Gasteiger partial charge < -0.3 is 10.1 Å². The summed E-state index contributed by atoms with van der Waals surface area (Å²) in [6, 6.07) is 8.94. The summed E-state index contributed by atoms with van der Waals surface area (Å²) in [5, 5.41) is 2.93. The molecule has 0 saturated carbocycles. The molecule has 0 radical (unpaired) electrons. The lowest BCUT2D eigenvalue weighted by atomic mass is 9.99. The van der Waals surface area contributed by atoms with Gasteiger partial charge in [0.15, 0.2) is 0 Å². The average Bonchev–Trinajstić information content (AvgIpc) is 2.50. The molecular weight excluding hydrogens is 252 g/mol. The third-order valence-corrected chi connectivity index (χ3v) is 3.82. The highest BCUT2D eigenvalue weighted by molar-refractivity contribution is 5.77. The highest BCUT2D eigenvalue weighted by Crippen LogP contribution is 2.19. The van der Waals surface area contributed by atoms with E-state index in [1.54, 1.807) is 0 Å². The maximum atomic E-state index is 11.5. The first-order valence-electron chi connectivity index (χ1n) is 7.36. The molecule has 4 heteroatoms. The van der Waals surface area contributed by atoms with Gasteiger partial charge in [-0.15, -0.1) is 0 Å². The van der Waals surface area contributed by atoms with Crippen LogP contribution in [-0.2, 0) is 22.5 Å². The van der Waals surface area contributed by atoms with Crippen molar-refractivity contribution < 1.29 is 9.53 Å². The number of rotatable bonds is 6.